The van der Waals surface area contributed by atoms with Crippen molar-refractivity contribution < 1.29 is 0 Å². The van der Waals surface area contributed by atoms with Crippen molar-refractivity contribution in [3.8, 4) is 0 Å². The van der Waals surface area contributed by atoms with E-state index in [1.165, 1.54) is 5.04 Å². The van der Waals surface area contributed by atoms with E-state index >= 15 is 0 Å². The number of aliphatic imine (C=N–C) groups is 1. The monoisotopic (exact) mass is 117 g/mol. The van der Waals surface area contributed by atoms with Crippen LogP contribution in [0.2, 0.25) is 0 Å². The van der Waals surface area contributed by atoms with Gasteiger partial charge in [-0.05, 0) is 12.7 Å². The molecule has 0 radical (unpaired) electrons. The van der Waals surface area contributed by atoms with Gasteiger partial charge in [0.05, 0.1) is 5.04 Å². The summed E-state index contributed by atoms with van der Waals surface area (Å²) in [6.07, 6.45) is 0. The van der Waals surface area contributed by atoms with E-state index in [1.54, 1.807) is 11.8 Å². The highest BCUT2D eigenvalue weighted by Gasteiger charge is 1.81. The van der Waals surface area contributed by atoms with Crippen LogP contribution in [0.25, 0.3) is 0 Å². The summed E-state index contributed by atoms with van der Waals surface area (Å²) in [6.45, 7) is 4.15. The number of nitrogens with zero attached hydrogens (tertiary/aromatic N) is 1. The summed E-state index contributed by atoms with van der Waals surface area (Å²) in [7, 11) is 1.82. The van der Waals surface area contributed by atoms with Crippen molar-refractivity contribution in [2.45, 2.75) is 13.8 Å². The molecular weight excluding hydrogens is 106 g/mol. The van der Waals surface area contributed by atoms with Gasteiger partial charge in [-0.2, -0.15) is 0 Å². The topological polar surface area (TPSA) is 12.4 Å². The first kappa shape index (κ1) is 7.02. The minimum atomic E-state index is 1.13. The molecule has 0 aliphatic carbocycles. The highest BCUT2D eigenvalue weighted by Crippen LogP contribution is 1.99. The van der Waals surface area contributed by atoms with E-state index in [9.17, 15) is 0 Å². The van der Waals surface area contributed by atoms with E-state index in [1.807, 2.05) is 14.0 Å². The van der Waals surface area contributed by atoms with Crippen LogP contribution in [0.5, 0.6) is 0 Å². The van der Waals surface area contributed by atoms with Crippen molar-refractivity contribution in [2.75, 3.05) is 12.8 Å². The smallest absolute Gasteiger partial charge is 0.0641 e. The third kappa shape index (κ3) is 3.86. The first-order valence-corrected chi connectivity index (χ1v) is 3.36. The van der Waals surface area contributed by atoms with Crippen molar-refractivity contribution in [3.05, 3.63) is 0 Å². The molecule has 0 aromatic heterocycles. The van der Waals surface area contributed by atoms with Gasteiger partial charge in [-0.3, -0.25) is 4.99 Å². The third-order valence-electron chi connectivity index (χ3n) is 0.668. The predicted molar refractivity (Wildman–Crippen MR) is 37.2 cm³/mol. The maximum Gasteiger partial charge on any atom is 0.0641 e. The maximum absolute atomic E-state index is 3.96. The molecule has 1 nitrogen and oxygen atoms in total. The minimum Gasteiger partial charge on any atom is -0.287 e. The van der Waals surface area contributed by atoms with Crippen molar-refractivity contribution >= 4 is 16.8 Å². The van der Waals surface area contributed by atoms with Crippen molar-refractivity contribution in [1.29, 1.82) is 0 Å². The molecule has 0 unspecified atom stereocenters. The zero-order chi connectivity index (χ0) is 5.70. The molecule has 0 N–H and O–H groups in total. The molecule has 0 rings (SSSR count). The third-order valence-corrected chi connectivity index (χ3v) is 1.56. The second kappa shape index (κ2) is 4.19. The molecule has 0 bridgehead atoms. The van der Waals surface area contributed by atoms with Crippen molar-refractivity contribution in [1.82, 2.24) is 0 Å². The number of thioether (sulfide) groups is 1. The van der Waals surface area contributed by atoms with Gasteiger partial charge >= 0.3 is 0 Å². The molecule has 0 saturated heterocycles. The van der Waals surface area contributed by atoms with Gasteiger partial charge < -0.3 is 0 Å². The molecule has 0 aliphatic rings. The van der Waals surface area contributed by atoms with Gasteiger partial charge in [0.1, 0.15) is 0 Å². The average Bonchev–Trinajstić information content (AvgIpc) is 1.68. The Hall–Kier alpha value is 0.0200. The normalized spacial score (nSPS) is 12.1. The maximum atomic E-state index is 3.96. The predicted octanol–water partition coefficient (Wildman–Crippen LogP) is 1.79. The lowest BCUT2D eigenvalue weighted by Crippen LogP contribution is -1.81. The average molecular weight is 117 g/mol. The Labute approximate surface area is 49.2 Å². The van der Waals surface area contributed by atoms with Crippen LogP contribution >= 0.6 is 11.8 Å². The second-order valence-electron chi connectivity index (χ2n) is 1.18. The number of hydrogen-bond acceptors (Lipinski definition) is 2. The SMILES string of the molecule is CCSC(C)=NC. The van der Waals surface area contributed by atoms with E-state index in [0.717, 1.165) is 5.75 Å². The van der Waals surface area contributed by atoms with Crippen LogP contribution in [0.4, 0.5) is 0 Å². The molecule has 0 aliphatic heterocycles. The summed E-state index contributed by atoms with van der Waals surface area (Å²) >= 11 is 1.78. The molecule has 0 spiro atoms. The zero-order valence-electron chi connectivity index (χ0n) is 5.06. The fourth-order valence-electron chi connectivity index (χ4n) is 0.273. The summed E-state index contributed by atoms with van der Waals surface area (Å²) < 4.78 is 0. The Morgan fingerprint density at radius 1 is 1.71 bits per heavy atom. The fourth-order valence-corrected chi connectivity index (χ4v) is 0.820. The van der Waals surface area contributed by atoms with Crippen LogP contribution in [0, 0.1) is 0 Å². The summed E-state index contributed by atoms with van der Waals surface area (Å²) in [5.74, 6) is 1.13. The van der Waals surface area contributed by atoms with Gasteiger partial charge in [0.25, 0.3) is 0 Å². The summed E-state index contributed by atoms with van der Waals surface area (Å²) in [6, 6.07) is 0. The van der Waals surface area contributed by atoms with E-state index < -0.39 is 0 Å². The Kier molecular flexibility index (Phi) is 4.20. The van der Waals surface area contributed by atoms with Gasteiger partial charge in [0.2, 0.25) is 0 Å². The lowest BCUT2D eigenvalue weighted by Gasteiger charge is -1.89. The molecule has 0 saturated carbocycles. The standard InChI is InChI=1S/C5H11NS/c1-4-7-5(2)6-3/h4H2,1-3H3. The first-order chi connectivity index (χ1) is 3.31. The van der Waals surface area contributed by atoms with E-state index in [-0.39, 0.29) is 0 Å². The Morgan fingerprint density at radius 3 is 2.43 bits per heavy atom. The summed E-state index contributed by atoms with van der Waals surface area (Å²) in [5, 5.41) is 1.17. The zero-order valence-corrected chi connectivity index (χ0v) is 5.88. The van der Waals surface area contributed by atoms with Crippen LogP contribution in [-0.4, -0.2) is 17.8 Å². The minimum absolute atomic E-state index is 1.13. The van der Waals surface area contributed by atoms with Crippen LogP contribution < -0.4 is 0 Å². The molecule has 0 aromatic rings. The van der Waals surface area contributed by atoms with Gasteiger partial charge in [0, 0.05) is 7.05 Å². The lowest BCUT2D eigenvalue weighted by molar-refractivity contribution is 1.45. The largest absolute Gasteiger partial charge is 0.287 e. The van der Waals surface area contributed by atoms with Crippen LogP contribution in [-0.2, 0) is 0 Å². The highest BCUT2D eigenvalue weighted by atomic mass is 32.2. The fraction of sp³-hybridized carbons (Fsp3) is 0.800. The number of rotatable bonds is 1. The quantitative estimate of drug-likeness (QED) is 0.377. The van der Waals surface area contributed by atoms with E-state index in [2.05, 4.69) is 11.9 Å². The van der Waals surface area contributed by atoms with Crippen molar-refractivity contribution in [3.63, 3.8) is 0 Å². The van der Waals surface area contributed by atoms with Gasteiger partial charge in [-0.1, -0.05) is 6.92 Å². The molecule has 0 aromatic carbocycles. The molecule has 0 heterocycles. The second-order valence-corrected chi connectivity index (χ2v) is 2.63. The molecule has 42 valence electrons. The van der Waals surface area contributed by atoms with Gasteiger partial charge in [0.15, 0.2) is 0 Å². The number of hydrogen-bond donors (Lipinski definition) is 0. The Morgan fingerprint density at radius 2 is 2.29 bits per heavy atom. The van der Waals surface area contributed by atoms with Gasteiger partial charge in [-0.25, -0.2) is 0 Å². The van der Waals surface area contributed by atoms with Crippen LogP contribution in [0.15, 0.2) is 4.99 Å². The molecule has 2 heteroatoms. The van der Waals surface area contributed by atoms with Crippen LogP contribution in [0.3, 0.4) is 0 Å². The molecule has 7 heavy (non-hydrogen) atoms. The highest BCUT2D eigenvalue weighted by molar-refractivity contribution is 8.13. The molecule has 0 amide bonds. The Bertz CT molecular complexity index is 68.5. The summed E-state index contributed by atoms with van der Waals surface area (Å²) in [5.41, 5.74) is 0. The Balaban J connectivity index is 3.17. The molecule has 0 fully saturated rings. The van der Waals surface area contributed by atoms with Crippen LogP contribution in [0.1, 0.15) is 13.8 Å². The van der Waals surface area contributed by atoms with E-state index in [4.69, 9.17) is 0 Å². The lowest BCUT2D eigenvalue weighted by atomic mass is 10.9. The van der Waals surface area contributed by atoms with Crippen molar-refractivity contribution in [2.24, 2.45) is 4.99 Å². The molecular formula is C5H11NS. The first-order valence-electron chi connectivity index (χ1n) is 2.37. The van der Waals surface area contributed by atoms with E-state index in [0.29, 0.717) is 0 Å². The molecule has 0 atom stereocenters. The summed E-state index contributed by atoms with van der Waals surface area (Å²) in [4.78, 5) is 3.96. The van der Waals surface area contributed by atoms with Gasteiger partial charge in [-0.15, -0.1) is 11.8 Å².